The Labute approximate surface area is 348 Å². The highest BCUT2D eigenvalue weighted by molar-refractivity contribution is 6.41. The van der Waals surface area contributed by atoms with E-state index in [0.29, 0.717) is 5.56 Å². The molecule has 0 amide bonds. The molecule has 4 aliphatic rings. The number of aliphatic hydroxyl groups excluding tert-OH is 5. The topological polar surface area (TPSA) is 370 Å². The molecule has 0 aliphatic carbocycles. The highest BCUT2D eigenvalue weighted by Crippen LogP contribution is 2.42. The number of aromatic hydroxyl groups is 2. The maximum atomic E-state index is 12.9. The molecular weight excluding hydrogens is 832 g/mol. The molecule has 62 heavy (non-hydrogen) atoms. The van der Waals surface area contributed by atoms with Crippen LogP contribution < -0.4 is 9.64 Å². The van der Waals surface area contributed by atoms with Gasteiger partial charge in [-0.15, -0.1) is 0 Å². The van der Waals surface area contributed by atoms with Crippen LogP contribution in [0.2, 0.25) is 0 Å². The average Bonchev–Trinajstić information content (AvgIpc) is 3.58. The number of carboxylic acid groups (broad SMARTS) is 4. The molecule has 2 saturated heterocycles. The SMILES string of the molecule is O=C(/C=C/c1ccc(O)cc1)O[C@H]1[C@H](O[C@H]2[C@H](Oc3cc4c(cc3O)N(/C=C/C3=CC(C(=O)O)=N[C@H](C(=O)O)C3)[C@@H](C(=O)O)C4)O[C@H](CO)[C@@H](O)[C@@H]2O)O[C@H](C(=O)O)[C@@H](O)[C@@H]1O. The lowest BCUT2D eigenvalue weighted by Gasteiger charge is -2.46. The second kappa shape index (κ2) is 18.7. The zero-order valence-electron chi connectivity index (χ0n) is 31.8. The molecule has 6 rings (SSSR count). The van der Waals surface area contributed by atoms with Crippen LogP contribution in [0.5, 0.6) is 17.2 Å². The number of fused-ring (bicyclic) bond motifs is 1. The number of nitrogens with zero attached hydrogens (tertiary/aromatic N) is 2. The number of phenolic OH excluding ortho intramolecular Hbond substituents is 2. The number of ether oxygens (including phenoxy) is 5. The fraction of sp³-hybridized carbons (Fsp3) is 0.385. The van der Waals surface area contributed by atoms with Crippen molar-refractivity contribution in [2.45, 2.75) is 86.3 Å². The zero-order chi connectivity index (χ0) is 45.2. The van der Waals surface area contributed by atoms with Gasteiger partial charge in [0, 0.05) is 36.9 Å². The van der Waals surface area contributed by atoms with Crippen LogP contribution in [0.25, 0.3) is 6.08 Å². The number of hydrogen-bond acceptors (Lipinski definition) is 19. The van der Waals surface area contributed by atoms with Gasteiger partial charge in [0.2, 0.25) is 6.29 Å². The molecule has 332 valence electrons. The van der Waals surface area contributed by atoms with Crippen molar-refractivity contribution in [3.8, 4) is 17.2 Å². The standard InChI is InChI=1S/C39H40N2O21/c42-14-25-27(46)28(47)33(62-39-32(30(49)29(48)31(61-39)37(56)57)60-26(45)6-3-15-1-4-18(43)5-2-15)38(59-25)58-24-12-17-11-22(36(54)55)41(21(17)13-23(24)44)8-7-16-9-19(34(50)51)40-20(10-16)35(52)53/h1-9,12-13,20,22,25,27-33,38-39,42-44,46-49H,10-11,14H2,(H,50,51)(H,52,53)(H,54,55)(H,56,57)/b6-3+,8-7+/t20-,22+,25+,27+,28-,29-,30-,31-,32+,33+,38+,39-/m0/s1. The lowest BCUT2D eigenvalue weighted by molar-refractivity contribution is -0.354. The van der Waals surface area contributed by atoms with Crippen molar-refractivity contribution in [1.82, 2.24) is 0 Å². The molecule has 4 heterocycles. The molecule has 0 radical (unpaired) electrons. The molecule has 2 aromatic rings. The summed E-state index contributed by atoms with van der Waals surface area (Å²) < 4.78 is 28.1. The molecule has 0 spiro atoms. The summed E-state index contributed by atoms with van der Waals surface area (Å²) in [7, 11) is 0. The molecule has 0 bridgehead atoms. The minimum absolute atomic E-state index is 0.0575. The first-order valence-electron chi connectivity index (χ1n) is 18.5. The number of esters is 1. The van der Waals surface area contributed by atoms with E-state index >= 15 is 0 Å². The van der Waals surface area contributed by atoms with Gasteiger partial charge in [-0.25, -0.2) is 24.0 Å². The van der Waals surface area contributed by atoms with Gasteiger partial charge < -0.3 is 84.8 Å². The van der Waals surface area contributed by atoms with E-state index in [4.69, 9.17) is 23.7 Å². The third-order valence-electron chi connectivity index (χ3n) is 10.2. The first-order chi connectivity index (χ1) is 29.4. The predicted octanol–water partition coefficient (Wildman–Crippen LogP) is -1.90. The van der Waals surface area contributed by atoms with E-state index < -0.39 is 127 Å². The summed E-state index contributed by atoms with van der Waals surface area (Å²) in [5.41, 5.74) is 0.428. The number of carbonyl (C=O) groups excluding carboxylic acids is 1. The Hall–Kier alpha value is -6.44. The Morgan fingerprint density at radius 1 is 0.806 bits per heavy atom. The molecule has 0 unspecified atom stereocenters. The van der Waals surface area contributed by atoms with Gasteiger partial charge in [-0.2, -0.15) is 0 Å². The number of dihydropyridines is 1. The summed E-state index contributed by atoms with van der Waals surface area (Å²) in [6.45, 7) is -0.911. The predicted molar refractivity (Wildman–Crippen MR) is 203 cm³/mol. The van der Waals surface area contributed by atoms with E-state index in [1.54, 1.807) is 0 Å². The molecule has 23 nitrogen and oxygen atoms in total. The molecule has 4 aliphatic heterocycles. The van der Waals surface area contributed by atoms with E-state index in [9.17, 15) is 80.1 Å². The van der Waals surface area contributed by atoms with Crippen LogP contribution in [0.4, 0.5) is 5.69 Å². The van der Waals surface area contributed by atoms with Gasteiger partial charge in [-0.3, -0.25) is 4.99 Å². The zero-order valence-corrected chi connectivity index (χ0v) is 31.8. The largest absolute Gasteiger partial charge is 0.508 e. The third-order valence-corrected chi connectivity index (χ3v) is 10.2. The van der Waals surface area contributed by atoms with E-state index in [-0.39, 0.29) is 35.4 Å². The summed E-state index contributed by atoms with van der Waals surface area (Å²) >= 11 is 0. The van der Waals surface area contributed by atoms with Crippen molar-refractivity contribution in [3.63, 3.8) is 0 Å². The van der Waals surface area contributed by atoms with Crippen LogP contribution in [0.15, 0.2) is 71.4 Å². The monoisotopic (exact) mass is 872 g/mol. The fourth-order valence-corrected chi connectivity index (χ4v) is 7.00. The van der Waals surface area contributed by atoms with E-state index in [1.165, 1.54) is 53.6 Å². The Kier molecular flexibility index (Phi) is 13.6. The van der Waals surface area contributed by atoms with Gasteiger partial charge in [0.25, 0.3) is 0 Å². The number of hydrogen-bond donors (Lipinski definition) is 11. The summed E-state index contributed by atoms with van der Waals surface area (Å²) in [5, 5.41) is 113. The highest BCUT2D eigenvalue weighted by Gasteiger charge is 2.54. The third kappa shape index (κ3) is 9.69. The van der Waals surface area contributed by atoms with E-state index in [0.717, 1.165) is 18.2 Å². The van der Waals surface area contributed by atoms with Gasteiger partial charge in [0.15, 0.2) is 42.1 Å². The summed E-state index contributed by atoms with van der Waals surface area (Å²) in [6.07, 6.45) is -14.9. The maximum absolute atomic E-state index is 12.9. The van der Waals surface area contributed by atoms with Crippen LogP contribution in [0.3, 0.4) is 0 Å². The Balaban J connectivity index is 1.28. The Morgan fingerprint density at radius 2 is 1.50 bits per heavy atom. The number of phenols is 2. The Morgan fingerprint density at radius 3 is 2.13 bits per heavy atom. The van der Waals surface area contributed by atoms with Crippen LogP contribution >= 0.6 is 0 Å². The van der Waals surface area contributed by atoms with Crippen LogP contribution in [0, 0.1) is 0 Å². The number of carbonyl (C=O) groups is 5. The number of aliphatic hydroxyl groups is 5. The summed E-state index contributed by atoms with van der Waals surface area (Å²) in [4.78, 5) is 65.4. The van der Waals surface area contributed by atoms with Gasteiger partial charge in [0.05, 0.1) is 6.61 Å². The van der Waals surface area contributed by atoms with Crippen molar-refractivity contribution in [3.05, 3.63) is 77.5 Å². The Bertz CT molecular complexity index is 2190. The molecule has 0 aromatic heterocycles. The molecule has 11 N–H and O–H groups in total. The normalized spacial score (nSPS) is 31.0. The van der Waals surface area contributed by atoms with Gasteiger partial charge in [-0.1, -0.05) is 12.1 Å². The quantitative estimate of drug-likeness (QED) is 0.0729. The minimum atomic E-state index is -2.20. The number of aliphatic carboxylic acids is 4. The van der Waals surface area contributed by atoms with Crippen molar-refractivity contribution in [1.29, 1.82) is 0 Å². The molecule has 0 saturated carbocycles. The minimum Gasteiger partial charge on any atom is -0.508 e. The number of carboxylic acids is 4. The van der Waals surface area contributed by atoms with Crippen LogP contribution in [-0.2, 0) is 49.3 Å². The number of rotatable bonds is 14. The number of anilines is 1. The number of benzene rings is 2. The first kappa shape index (κ1) is 45.1. The number of aliphatic imine (C=N–C) groups is 1. The van der Waals surface area contributed by atoms with Crippen molar-refractivity contribution in [2.24, 2.45) is 4.99 Å². The van der Waals surface area contributed by atoms with Crippen molar-refractivity contribution >= 4 is 47.3 Å². The lowest BCUT2D eigenvalue weighted by Crippen LogP contribution is -2.66. The first-order valence-corrected chi connectivity index (χ1v) is 18.5. The summed E-state index contributed by atoms with van der Waals surface area (Å²) in [6, 6.07) is 5.10. The fourth-order valence-electron chi connectivity index (χ4n) is 7.00. The van der Waals surface area contributed by atoms with E-state index in [2.05, 4.69) is 4.99 Å². The second-order valence-electron chi connectivity index (χ2n) is 14.3. The van der Waals surface area contributed by atoms with Crippen LogP contribution in [0.1, 0.15) is 17.5 Å². The number of allylic oxidation sites excluding steroid dienone is 1. The smallest absolute Gasteiger partial charge is 0.354 e. The molecule has 2 aromatic carbocycles. The maximum Gasteiger partial charge on any atom is 0.354 e. The molecule has 2 fully saturated rings. The molecule has 12 atom stereocenters. The van der Waals surface area contributed by atoms with Gasteiger partial charge in [-0.05, 0) is 53.1 Å². The second-order valence-corrected chi connectivity index (χ2v) is 14.3. The highest BCUT2D eigenvalue weighted by atomic mass is 16.8. The molecular formula is C39H40N2O21. The van der Waals surface area contributed by atoms with Crippen molar-refractivity contribution < 1.29 is 104 Å². The summed E-state index contributed by atoms with van der Waals surface area (Å²) in [5.74, 6) is -8.34. The van der Waals surface area contributed by atoms with Crippen molar-refractivity contribution in [2.75, 3.05) is 11.5 Å². The van der Waals surface area contributed by atoms with E-state index in [1.807, 2.05) is 0 Å². The van der Waals surface area contributed by atoms with Gasteiger partial charge in [0.1, 0.15) is 48.0 Å². The van der Waals surface area contributed by atoms with Gasteiger partial charge >= 0.3 is 29.8 Å². The molecule has 23 heteroatoms. The van der Waals surface area contributed by atoms with Crippen LogP contribution in [-0.4, -0.2) is 172 Å². The lowest BCUT2D eigenvalue weighted by atomic mass is 9.97. The average molecular weight is 873 g/mol.